The lowest BCUT2D eigenvalue weighted by Gasteiger charge is -2.40. The van der Waals surface area contributed by atoms with E-state index in [9.17, 15) is 0 Å². The highest BCUT2D eigenvalue weighted by Crippen LogP contribution is 2.35. The molecule has 2 aliphatic rings. The molecule has 2 aliphatic heterocycles. The summed E-state index contributed by atoms with van der Waals surface area (Å²) < 4.78 is 4.47. The average Bonchev–Trinajstić information content (AvgIpc) is 3.25. The molecule has 164 valence electrons. The molecule has 0 amide bonds. The number of aromatic nitrogens is 2. The Balaban J connectivity index is 1.25. The summed E-state index contributed by atoms with van der Waals surface area (Å²) in [6, 6.07) is 9.32. The zero-order valence-corrected chi connectivity index (χ0v) is 19.9. The van der Waals surface area contributed by atoms with Crippen molar-refractivity contribution in [2.45, 2.75) is 46.0 Å². The van der Waals surface area contributed by atoms with Gasteiger partial charge >= 0.3 is 0 Å². The summed E-state index contributed by atoms with van der Waals surface area (Å²) in [4.78, 5) is 11.7. The van der Waals surface area contributed by atoms with Crippen molar-refractivity contribution in [3.05, 3.63) is 29.8 Å². The third kappa shape index (κ3) is 5.08. The standard InChI is InChI=1S/C24H37N5S/c1-18(2)17-19-5-7-22(8-6-19)28-13-9-20(10-14-28)21-11-15-29(16-12-21)24-25-23(26-30-24)27(3)4/h5-8,18,20-21H,9-17H2,1-4H3. The summed E-state index contributed by atoms with van der Waals surface area (Å²) in [7, 11) is 4.01. The Kier molecular flexibility index (Phi) is 6.81. The van der Waals surface area contributed by atoms with E-state index in [4.69, 9.17) is 0 Å². The lowest BCUT2D eigenvalue weighted by Crippen LogP contribution is -2.41. The lowest BCUT2D eigenvalue weighted by atomic mass is 9.79. The summed E-state index contributed by atoms with van der Waals surface area (Å²) in [6.07, 6.45) is 6.44. The molecule has 2 aromatic rings. The van der Waals surface area contributed by atoms with E-state index >= 15 is 0 Å². The molecule has 30 heavy (non-hydrogen) atoms. The predicted octanol–water partition coefficient (Wildman–Crippen LogP) is 4.94. The molecular formula is C24H37N5S. The Morgan fingerprint density at radius 2 is 1.50 bits per heavy atom. The van der Waals surface area contributed by atoms with Crippen molar-refractivity contribution in [1.82, 2.24) is 9.36 Å². The summed E-state index contributed by atoms with van der Waals surface area (Å²) in [5.74, 6) is 3.31. The van der Waals surface area contributed by atoms with Crippen molar-refractivity contribution in [2.24, 2.45) is 17.8 Å². The van der Waals surface area contributed by atoms with Crippen molar-refractivity contribution >= 4 is 28.3 Å². The van der Waals surface area contributed by atoms with Gasteiger partial charge in [0, 0.05) is 57.5 Å². The van der Waals surface area contributed by atoms with Crippen LogP contribution in [0, 0.1) is 17.8 Å². The number of anilines is 3. The van der Waals surface area contributed by atoms with E-state index in [1.165, 1.54) is 68.0 Å². The van der Waals surface area contributed by atoms with Crippen LogP contribution in [0.25, 0.3) is 0 Å². The maximum absolute atomic E-state index is 4.69. The fourth-order valence-electron chi connectivity index (χ4n) is 5.02. The second-order valence-electron chi connectivity index (χ2n) is 9.68. The van der Waals surface area contributed by atoms with Crippen LogP contribution in [0.4, 0.5) is 16.8 Å². The van der Waals surface area contributed by atoms with Crippen molar-refractivity contribution in [3.63, 3.8) is 0 Å². The number of piperidine rings is 2. The first-order valence-electron chi connectivity index (χ1n) is 11.6. The fourth-order valence-corrected chi connectivity index (χ4v) is 5.81. The first-order chi connectivity index (χ1) is 14.5. The van der Waals surface area contributed by atoms with Gasteiger partial charge in [0.15, 0.2) is 0 Å². The third-order valence-corrected chi connectivity index (χ3v) is 7.53. The molecule has 0 unspecified atom stereocenters. The Bertz CT molecular complexity index is 784. The molecule has 1 aromatic carbocycles. The van der Waals surface area contributed by atoms with Crippen LogP contribution in [0.2, 0.25) is 0 Å². The summed E-state index contributed by atoms with van der Waals surface area (Å²) in [5.41, 5.74) is 2.87. The van der Waals surface area contributed by atoms with Crippen molar-refractivity contribution < 1.29 is 0 Å². The van der Waals surface area contributed by atoms with Gasteiger partial charge in [-0.1, -0.05) is 26.0 Å². The highest BCUT2D eigenvalue weighted by Gasteiger charge is 2.30. The van der Waals surface area contributed by atoms with Crippen molar-refractivity contribution in [3.8, 4) is 0 Å². The van der Waals surface area contributed by atoms with E-state index in [0.717, 1.165) is 41.9 Å². The number of hydrogen-bond acceptors (Lipinski definition) is 6. The SMILES string of the molecule is CC(C)Cc1ccc(N2CCC(C3CCN(c4nc(N(C)C)ns4)CC3)CC2)cc1. The van der Waals surface area contributed by atoms with Gasteiger partial charge in [0.25, 0.3) is 0 Å². The molecule has 0 atom stereocenters. The van der Waals surface area contributed by atoms with E-state index in [-0.39, 0.29) is 0 Å². The number of nitrogens with zero attached hydrogens (tertiary/aromatic N) is 5. The molecule has 0 spiro atoms. The molecule has 3 heterocycles. The monoisotopic (exact) mass is 427 g/mol. The molecule has 0 aliphatic carbocycles. The normalized spacial score (nSPS) is 19.0. The van der Waals surface area contributed by atoms with Crippen molar-refractivity contribution in [2.75, 3.05) is 55.0 Å². The van der Waals surface area contributed by atoms with Gasteiger partial charge in [-0.2, -0.15) is 9.36 Å². The van der Waals surface area contributed by atoms with Gasteiger partial charge in [-0.3, -0.25) is 0 Å². The van der Waals surface area contributed by atoms with Crippen LogP contribution < -0.4 is 14.7 Å². The Labute approximate surface area is 186 Å². The zero-order valence-electron chi connectivity index (χ0n) is 19.0. The predicted molar refractivity (Wildman–Crippen MR) is 129 cm³/mol. The molecule has 2 saturated heterocycles. The lowest BCUT2D eigenvalue weighted by molar-refractivity contribution is 0.233. The maximum atomic E-state index is 4.69. The van der Waals surface area contributed by atoms with E-state index in [2.05, 4.69) is 57.3 Å². The molecule has 0 radical (unpaired) electrons. The molecular weight excluding hydrogens is 390 g/mol. The van der Waals surface area contributed by atoms with Gasteiger partial charge < -0.3 is 14.7 Å². The summed E-state index contributed by atoms with van der Waals surface area (Å²) >= 11 is 1.54. The van der Waals surface area contributed by atoms with Gasteiger partial charge in [-0.25, -0.2) is 0 Å². The molecule has 5 nitrogen and oxygen atoms in total. The number of benzene rings is 1. The highest BCUT2D eigenvalue weighted by atomic mass is 32.1. The average molecular weight is 428 g/mol. The minimum atomic E-state index is 0.722. The molecule has 0 N–H and O–H groups in total. The minimum absolute atomic E-state index is 0.722. The van der Waals surface area contributed by atoms with Crippen LogP contribution in [0.1, 0.15) is 45.1 Å². The van der Waals surface area contributed by atoms with Gasteiger partial charge in [0.2, 0.25) is 11.1 Å². The van der Waals surface area contributed by atoms with Gasteiger partial charge in [-0.15, -0.1) is 0 Å². The minimum Gasteiger partial charge on any atom is -0.372 e. The van der Waals surface area contributed by atoms with E-state index in [1.54, 1.807) is 0 Å². The summed E-state index contributed by atoms with van der Waals surface area (Å²) in [6.45, 7) is 9.25. The van der Waals surface area contributed by atoms with Crippen LogP contribution in [0.3, 0.4) is 0 Å². The molecule has 1 aromatic heterocycles. The number of rotatable bonds is 6. The smallest absolute Gasteiger partial charge is 0.238 e. The maximum Gasteiger partial charge on any atom is 0.238 e. The second kappa shape index (κ2) is 9.54. The van der Waals surface area contributed by atoms with Gasteiger partial charge in [0.05, 0.1) is 0 Å². The Morgan fingerprint density at radius 3 is 2.00 bits per heavy atom. The first kappa shape index (κ1) is 21.4. The van der Waals surface area contributed by atoms with E-state index in [1.807, 2.05) is 19.0 Å². The third-order valence-electron chi connectivity index (χ3n) is 6.77. The van der Waals surface area contributed by atoms with Gasteiger partial charge in [0.1, 0.15) is 0 Å². The largest absolute Gasteiger partial charge is 0.372 e. The van der Waals surface area contributed by atoms with Crippen molar-refractivity contribution in [1.29, 1.82) is 0 Å². The first-order valence-corrected chi connectivity index (χ1v) is 12.4. The highest BCUT2D eigenvalue weighted by molar-refractivity contribution is 7.09. The Morgan fingerprint density at radius 1 is 0.933 bits per heavy atom. The van der Waals surface area contributed by atoms with E-state index in [0.29, 0.717) is 0 Å². The number of hydrogen-bond donors (Lipinski definition) is 0. The van der Waals surface area contributed by atoms with Crippen LogP contribution >= 0.6 is 11.5 Å². The molecule has 6 heteroatoms. The second-order valence-corrected chi connectivity index (χ2v) is 10.4. The van der Waals surface area contributed by atoms with Crippen LogP contribution in [0.5, 0.6) is 0 Å². The molecule has 4 rings (SSSR count). The van der Waals surface area contributed by atoms with E-state index < -0.39 is 0 Å². The zero-order chi connectivity index (χ0) is 21.1. The Hall–Kier alpha value is -1.82. The molecule has 0 bridgehead atoms. The topological polar surface area (TPSA) is 35.5 Å². The van der Waals surface area contributed by atoms with Crippen LogP contribution in [-0.2, 0) is 6.42 Å². The quantitative estimate of drug-likeness (QED) is 0.653. The molecule has 2 fully saturated rings. The molecule has 0 saturated carbocycles. The van der Waals surface area contributed by atoms with Crippen LogP contribution in [0.15, 0.2) is 24.3 Å². The van der Waals surface area contributed by atoms with Crippen LogP contribution in [-0.4, -0.2) is 49.6 Å². The fraction of sp³-hybridized carbons (Fsp3) is 0.667. The van der Waals surface area contributed by atoms with Gasteiger partial charge in [-0.05, 0) is 67.6 Å². The summed E-state index contributed by atoms with van der Waals surface area (Å²) in [5, 5.41) is 1.09.